The number of nitrogens with one attached hydrogen (secondary N) is 1. The van der Waals surface area contributed by atoms with Crippen molar-refractivity contribution in [2.24, 2.45) is 11.7 Å². The average molecular weight is 427 g/mol. The molecule has 12 heteroatoms. The van der Waals surface area contributed by atoms with E-state index in [9.17, 15) is 28.1 Å². The number of hydrogen-bond acceptors (Lipinski definition) is 6. The van der Waals surface area contributed by atoms with E-state index in [1.54, 1.807) is 0 Å². The molecule has 3 N–H and O–H groups in total. The highest BCUT2D eigenvalue weighted by Crippen LogP contribution is 2.22. The Hall–Kier alpha value is -2.73. The van der Waals surface area contributed by atoms with Crippen molar-refractivity contribution >= 4 is 27.6 Å². The lowest BCUT2D eigenvalue weighted by molar-refractivity contribution is -0.385. The summed E-state index contributed by atoms with van der Waals surface area (Å²) in [6.07, 6.45) is 0.651. The first kappa shape index (κ1) is 22.6. The Balaban J connectivity index is 2.11. The normalized spacial score (nSPS) is 17.4. The van der Waals surface area contributed by atoms with Crippen molar-refractivity contribution in [2.75, 3.05) is 26.2 Å². The molecule has 1 saturated heterocycles. The van der Waals surface area contributed by atoms with E-state index in [0.717, 1.165) is 6.07 Å². The van der Waals surface area contributed by atoms with Gasteiger partial charge in [0, 0.05) is 38.3 Å². The first-order valence-corrected chi connectivity index (χ1v) is 10.6. The molecule has 1 aromatic rings. The van der Waals surface area contributed by atoms with Crippen molar-refractivity contribution in [3.8, 4) is 0 Å². The second kappa shape index (κ2) is 9.18. The van der Waals surface area contributed by atoms with Crippen molar-refractivity contribution < 1.29 is 22.9 Å². The van der Waals surface area contributed by atoms with Gasteiger partial charge in [0.25, 0.3) is 5.69 Å². The topological polar surface area (TPSA) is 156 Å². The molecule has 0 radical (unpaired) electrons. The number of nitrogens with zero attached hydrogens (tertiary/aromatic N) is 3. The summed E-state index contributed by atoms with van der Waals surface area (Å²) in [5.74, 6) is -0.452. The van der Waals surface area contributed by atoms with Crippen LogP contribution in [-0.2, 0) is 14.8 Å². The molecule has 0 aliphatic carbocycles. The molecule has 2 rings (SSSR count). The molecule has 0 spiro atoms. The van der Waals surface area contributed by atoms with E-state index in [1.165, 1.54) is 27.4 Å². The maximum atomic E-state index is 12.8. The second-order valence-electron chi connectivity index (χ2n) is 6.86. The van der Waals surface area contributed by atoms with Crippen molar-refractivity contribution in [1.29, 1.82) is 0 Å². The quantitative estimate of drug-likeness (QED) is 0.477. The van der Waals surface area contributed by atoms with E-state index in [4.69, 9.17) is 5.73 Å². The van der Waals surface area contributed by atoms with Gasteiger partial charge in [0.1, 0.15) is 6.04 Å². The number of hydrogen-bond donors (Lipinski definition) is 2. The molecule has 1 aliphatic heterocycles. The summed E-state index contributed by atoms with van der Waals surface area (Å²) in [6.45, 7) is 4.07. The third kappa shape index (κ3) is 5.21. The molecule has 0 bridgehead atoms. The smallest absolute Gasteiger partial charge is 0.312 e. The average Bonchev–Trinajstić information content (AvgIpc) is 2.71. The first-order valence-electron chi connectivity index (χ1n) is 9.17. The minimum Gasteiger partial charge on any atom is -0.352 e. The van der Waals surface area contributed by atoms with E-state index < -0.39 is 27.0 Å². The van der Waals surface area contributed by atoms with Crippen molar-refractivity contribution in [2.45, 2.75) is 31.2 Å². The lowest BCUT2D eigenvalue weighted by Crippen LogP contribution is -2.57. The zero-order chi connectivity index (χ0) is 21.8. The van der Waals surface area contributed by atoms with Crippen molar-refractivity contribution in [3.63, 3.8) is 0 Å². The number of benzene rings is 1. The number of urea groups is 1. The predicted octanol–water partition coefficient (Wildman–Crippen LogP) is 0.511. The van der Waals surface area contributed by atoms with Gasteiger partial charge in [0.05, 0.1) is 9.82 Å². The zero-order valence-electron chi connectivity index (χ0n) is 16.3. The maximum absolute atomic E-state index is 12.8. The summed E-state index contributed by atoms with van der Waals surface area (Å²) in [7, 11) is -3.93. The van der Waals surface area contributed by atoms with Gasteiger partial charge in [-0.1, -0.05) is 26.3 Å². The Labute approximate surface area is 169 Å². The molecular formula is C17H25N5O6S. The highest BCUT2D eigenvalue weighted by Gasteiger charge is 2.34. The third-order valence-corrected chi connectivity index (χ3v) is 6.89. The first-order chi connectivity index (χ1) is 13.6. The van der Waals surface area contributed by atoms with Gasteiger partial charge in [-0.15, -0.1) is 0 Å². The Kier molecular flexibility index (Phi) is 7.14. The fraction of sp³-hybridized carbons (Fsp3) is 0.529. The molecule has 29 heavy (non-hydrogen) atoms. The van der Waals surface area contributed by atoms with E-state index >= 15 is 0 Å². The molecule has 3 amide bonds. The number of primary amides is 1. The summed E-state index contributed by atoms with van der Waals surface area (Å²) < 4.78 is 26.8. The standard InChI is InChI=1S/C17H25N5O6S/c1-3-12(2)15(19-17(18)24)16(23)20-7-9-21(10-8-20)29(27,28)14-6-4-5-13(11-14)22(25)26/h4-6,11-12,15H,3,7-10H2,1-2H3,(H3,18,19,24)/t12-,15+/m0/s1. The van der Waals surface area contributed by atoms with Gasteiger partial charge in [0.2, 0.25) is 15.9 Å². The lowest BCUT2D eigenvalue weighted by Gasteiger charge is -2.36. The molecule has 1 aliphatic rings. The van der Waals surface area contributed by atoms with E-state index in [0.29, 0.717) is 6.42 Å². The van der Waals surface area contributed by atoms with Crippen molar-refractivity contribution in [3.05, 3.63) is 34.4 Å². The number of non-ortho nitro benzene ring substituents is 1. The van der Waals surface area contributed by atoms with E-state index in [1.807, 2.05) is 13.8 Å². The molecule has 2 atom stereocenters. The molecule has 1 fully saturated rings. The summed E-state index contributed by atoms with van der Waals surface area (Å²) in [5.41, 5.74) is 4.86. The second-order valence-corrected chi connectivity index (χ2v) is 8.79. The molecule has 0 aromatic heterocycles. The van der Waals surface area contributed by atoms with Crippen LogP contribution in [0.15, 0.2) is 29.2 Å². The van der Waals surface area contributed by atoms with Crippen LogP contribution in [0.1, 0.15) is 20.3 Å². The molecule has 1 heterocycles. The monoisotopic (exact) mass is 427 g/mol. The summed E-state index contributed by atoms with van der Waals surface area (Å²) in [5, 5.41) is 13.4. The largest absolute Gasteiger partial charge is 0.352 e. The summed E-state index contributed by atoms with van der Waals surface area (Å²) in [4.78, 5) is 35.6. The Morgan fingerprint density at radius 3 is 2.41 bits per heavy atom. The fourth-order valence-corrected chi connectivity index (χ4v) is 4.55. The van der Waals surface area contributed by atoms with Crippen LogP contribution in [0.5, 0.6) is 0 Å². The van der Waals surface area contributed by atoms with Gasteiger partial charge < -0.3 is 16.0 Å². The predicted molar refractivity (Wildman–Crippen MR) is 104 cm³/mol. The molecular weight excluding hydrogens is 402 g/mol. The number of sulfonamides is 1. The van der Waals surface area contributed by atoms with Gasteiger partial charge in [-0.05, 0) is 12.0 Å². The molecule has 0 saturated carbocycles. The van der Waals surface area contributed by atoms with Crippen LogP contribution < -0.4 is 11.1 Å². The minimum absolute atomic E-state index is 0.0422. The molecule has 160 valence electrons. The van der Waals surface area contributed by atoms with E-state index in [-0.39, 0.29) is 48.6 Å². The SMILES string of the molecule is CC[C@H](C)[C@@H](NC(N)=O)C(=O)N1CCN(S(=O)(=O)c2cccc([N+](=O)[O-])c2)CC1. The number of carbonyl (C=O) groups excluding carboxylic acids is 2. The zero-order valence-corrected chi connectivity index (χ0v) is 17.1. The number of carbonyl (C=O) groups is 2. The van der Waals surface area contributed by atoms with Gasteiger partial charge >= 0.3 is 6.03 Å². The maximum Gasteiger partial charge on any atom is 0.312 e. The van der Waals surface area contributed by atoms with Gasteiger partial charge in [-0.3, -0.25) is 14.9 Å². The Morgan fingerprint density at radius 2 is 1.90 bits per heavy atom. The highest BCUT2D eigenvalue weighted by molar-refractivity contribution is 7.89. The molecule has 0 unspecified atom stereocenters. The molecule has 11 nitrogen and oxygen atoms in total. The van der Waals surface area contributed by atoms with Crippen LogP contribution in [-0.4, -0.2) is 66.7 Å². The van der Waals surface area contributed by atoms with Crippen LogP contribution in [0.25, 0.3) is 0 Å². The van der Waals surface area contributed by atoms with Gasteiger partial charge in [-0.2, -0.15) is 4.31 Å². The highest BCUT2D eigenvalue weighted by atomic mass is 32.2. The number of amides is 3. The number of piperazine rings is 1. The number of nitro benzene ring substituents is 1. The Morgan fingerprint density at radius 1 is 1.28 bits per heavy atom. The summed E-state index contributed by atoms with van der Waals surface area (Å²) >= 11 is 0. The van der Waals surface area contributed by atoms with Crippen LogP contribution in [0.2, 0.25) is 0 Å². The van der Waals surface area contributed by atoms with Crippen LogP contribution in [0.3, 0.4) is 0 Å². The van der Waals surface area contributed by atoms with Crippen LogP contribution in [0.4, 0.5) is 10.5 Å². The fourth-order valence-electron chi connectivity index (χ4n) is 3.09. The number of nitro groups is 1. The van der Waals surface area contributed by atoms with Crippen LogP contribution >= 0.6 is 0 Å². The van der Waals surface area contributed by atoms with Crippen LogP contribution in [0, 0.1) is 16.0 Å². The van der Waals surface area contributed by atoms with Crippen molar-refractivity contribution in [1.82, 2.24) is 14.5 Å². The molecule has 1 aromatic carbocycles. The number of rotatable bonds is 7. The third-order valence-electron chi connectivity index (χ3n) is 4.99. The Bertz CT molecular complexity index is 882. The minimum atomic E-state index is -3.93. The van der Waals surface area contributed by atoms with Gasteiger partial charge in [0.15, 0.2) is 0 Å². The van der Waals surface area contributed by atoms with Gasteiger partial charge in [-0.25, -0.2) is 13.2 Å². The summed E-state index contributed by atoms with van der Waals surface area (Å²) in [6, 6.07) is 3.28. The van der Waals surface area contributed by atoms with E-state index in [2.05, 4.69) is 5.32 Å². The number of nitrogens with two attached hydrogens (primary N) is 1. The lowest BCUT2D eigenvalue weighted by atomic mass is 9.97.